The summed E-state index contributed by atoms with van der Waals surface area (Å²) < 4.78 is 16.6. The topological polar surface area (TPSA) is 98.8 Å². The first-order valence-corrected chi connectivity index (χ1v) is 12.4. The smallest absolute Gasteiger partial charge is 0.255 e. The van der Waals surface area contributed by atoms with E-state index in [1.807, 2.05) is 18.4 Å². The third kappa shape index (κ3) is 7.38. The molecule has 0 spiro atoms. The van der Waals surface area contributed by atoms with Crippen LogP contribution in [0.1, 0.15) is 22.3 Å². The normalized spacial score (nSPS) is 11.3. The molecule has 0 fully saturated rings. The minimum Gasteiger partial charge on any atom is -0.496 e. The number of pyridine rings is 1. The van der Waals surface area contributed by atoms with Gasteiger partial charge in [0.05, 0.1) is 19.8 Å². The summed E-state index contributed by atoms with van der Waals surface area (Å²) in [5, 5.41) is 5.73. The predicted molar refractivity (Wildman–Crippen MR) is 137 cm³/mol. The van der Waals surface area contributed by atoms with Crippen LogP contribution in [0, 0.1) is 0 Å². The first-order chi connectivity index (χ1) is 17.0. The molecule has 0 saturated carbocycles. The van der Waals surface area contributed by atoms with E-state index in [0.717, 1.165) is 5.56 Å². The number of anilines is 1. The van der Waals surface area contributed by atoms with Gasteiger partial charge in [0.25, 0.3) is 5.91 Å². The van der Waals surface area contributed by atoms with Crippen molar-refractivity contribution >= 4 is 29.3 Å². The average Bonchev–Trinajstić information content (AvgIpc) is 2.90. The number of amides is 2. The lowest BCUT2D eigenvalue weighted by atomic mass is 10.1. The molecule has 184 valence electrons. The van der Waals surface area contributed by atoms with Crippen molar-refractivity contribution in [1.29, 1.82) is 0 Å². The summed E-state index contributed by atoms with van der Waals surface area (Å²) in [6, 6.07) is 15.0. The van der Waals surface area contributed by atoms with E-state index in [1.54, 1.807) is 73.7 Å². The van der Waals surface area contributed by atoms with Gasteiger partial charge in [0.2, 0.25) is 5.91 Å². The Morgan fingerprint density at radius 2 is 1.71 bits per heavy atom. The molecule has 8 nitrogen and oxygen atoms in total. The summed E-state index contributed by atoms with van der Waals surface area (Å²) in [5.74, 6) is 1.47. The van der Waals surface area contributed by atoms with Crippen molar-refractivity contribution in [2.45, 2.75) is 19.1 Å². The molecule has 1 unspecified atom stereocenters. The van der Waals surface area contributed by atoms with E-state index in [1.165, 1.54) is 7.11 Å². The molecule has 0 bridgehead atoms. The van der Waals surface area contributed by atoms with E-state index >= 15 is 0 Å². The van der Waals surface area contributed by atoms with Crippen molar-refractivity contribution in [2.24, 2.45) is 0 Å². The van der Waals surface area contributed by atoms with Crippen molar-refractivity contribution in [3.8, 4) is 17.2 Å². The fourth-order valence-corrected chi connectivity index (χ4v) is 3.78. The molecule has 1 atom stereocenters. The van der Waals surface area contributed by atoms with Gasteiger partial charge in [-0.25, -0.2) is 0 Å². The quantitative estimate of drug-likeness (QED) is 0.389. The molecule has 9 heteroatoms. The highest BCUT2D eigenvalue weighted by atomic mass is 32.2. The monoisotopic (exact) mass is 495 g/mol. The van der Waals surface area contributed by atoms with Crippen molar-refractivity contribution in [3.63, 3.8) is 0 Å². The lowest BCUT2D eigenvalue weighted by Gasteiger charge is -2.19. The Morgan fingerprint density at radius 3 is 2.43 bits per heavy atom. The van der Waals surface area contributed by atoms with E-state index in [2.05, 4.69) is 15.6 Å². The standard InChI is InChI=1S/C26H29N3O5S/c1-32-22-7-5-4-6-20(22)25(30)29-21(12-15-35-3)26(31)28-19-8-9-23(33-2)24(16-19)34-17-18-10-13-27-14-11-18/h4-11,13-14,16,21H,12,15,17H2,1-3H3,(H,28,31)(H,29,30). The van der Waals surface area contributed by atoms with Crippen molar-refractivity contribution in [2.75, 3.05) is 31.5 Å². The summed E-state index contributed by atoms with van der Waals surface area (Å²) in [6.07, 6.45) is 5.81. The van der Waals surface area contributed by atoms with Crippen LogP contribution in [-0.2, 0) is 11.4 Å². The van der Waals surface area contributed by atoms with Gasteiger partial charge in [-0.3, -0.25) is 14.6 Å². The van der Waals surface area contributed by atoms with Crippen LogP contribution >= 0.6 is 11.8 Å². The molecular weight excluding hydrogens is 466 g/mol. The van der Waals surface area contributed by atoms with Gasteiger partial charge in [0, 0.05) is 24.1 Å². The number of hydrogen-bond acceptors (Lipinski definition) is 7. The molecule has 35 heavy (non-hydrogen) atoms. The van der Waals surface area contributed by atoms with E-state index < -0.39 is 6.04 Å². The third-order valence-corrected chi connectivity index (χ3v) is 5.80. The van der Waals surface area contributed by atoms with Crippen LogP contribution in [0.4, 0.5) is 5.69 Å². The molecule has 0 saturated heterocycles. The number of methoxy groups -OCH3 is 2. The van der Waals surface area contributed by atoms with E-state index in [0.29, 0.717) is 47.3 Å². The highest BCUT2D eigenvalue weighted by molar-refractivity contribution is 7.98. The third-order valence-electron chi connectivity index (χ3n) is 5.16. The molecule has 0 aliphatic rings. The molecule has 2 N–H and O–H groups in total. The lowest BCUT2D eigenvalue weighted by Crippen LogP contribution is -2.44. The van der Waals surface area contributed by atoms with Gasteiger partial charge in [-0.2, -0.15) is 11.8 Å². The largest absolute Gasteiger partial charge is 0.496 e. The second-order valence-corrected chi connectivity index (χ2v) is 8.49. The van der Waals surface area contributed by atoms with Crippen LogP contribution < -0.4 is 24.8 Å². The van der Waals surface area contributed by atoms with Gasteiger partial charge < -0.3 is 24.8 Å². The van der Waals surface area contributed by atoms with Crippen LogP contribution in [0.2, 0.25) is 0 Å². The highest BCUT2D eigenvalue weighted by Gasteiger charge is 2.23. The number of nitrogens with one attached hydrogen (secondary N) is 2. The lowest BCUT2D eigenvalue weighted by molar-refractivity contribution is -0.118. The number of benzene rings is 2. The zero-order valence-electron chi connectivity index (χ0n) is 19.9. The minimum absolute atomic E-state index is 0.321. The van der Waals surface area contributed by atoms with Gasteiger partial charge >= 0.3 is 0 Å². The number of rotatable bonds is 12. The van der Waals surface area contributed by atoms with Crippen LogP contribution in [-0.4, -0.2) is 49.1 Å². The van der Waals surface area contributed by atoms with Crippen molar-refractivity contribution < 1.29 is 23.8 Å². The van der Waals surface area contributed by atoms with Crippen molar-refractivity contribution in [1.82, 2.24) is 10.3 Å². The number of ether oxygens (including phenoxy) is 3. The Balaban J connectivity index is 1.73. The Labute approximate surface area is 209 Å². The zero-order valence-corrected chi connectivity index (χ0v) is 20.8. The summed E-state index contributed by atoms with van der Waals surface area (Å²) in [5.41, 5.74) is 1.85. The summed E-state index contributed by atoms with van der Waals surface area (Å²) >= 11 is 1.60. The number of para-hydroxylation sites is 1. The van der Waals surface area contributed by atoms with Gasteiger partial charge in [0.15, 0.2) is 11.5 Å². The average molecular weight is 496 g/mol. The molecule has 0 aliphatic heterocycles. The Bertz CT molecular complexity index is 1130. The molecular formula is C26H29N3O5S. The SMILES string of the molecule is COc1ccc(NC(=O)C(CCSC)NC(=O)c2ccccc2OC)cc1OCc1ccncc1. The van der Waals surface area contributed by atoms with Crippen LogP contribution in [0.25, 0.3) is 0 Å². The van der Waals surface area contributed by atoms with Crippen molar-refractivity contribution in [3.05, 3.63) is 78.1 Å². The number of hydrogen-bond donors (Lipinski definition) is 2. The molecule has 1 aromatic heterocycles. The van der Waals surface area contributed by atoms with E-state index in [4.69, 9.17) is 14.2 Å². The van der Waals surface area contributed by atoms with Gasteiger partial charge in [-0.05, 0) is 60.4 Å². The number of carbonyl (C=O) groups excluding carboxylic acids is 2. The highest BCUT2D eigenvalue weighted by Crippen LogP contribution is 2.31. The van der Waals surface area contributed by atoms with Gasteiger partial charge in [-0.15, -0.1) is 0 Å². The van der Waals surface area contributed by atoms with Crippen LogP contribution in [0.15, 0.2) is 67.0 Å². The Hall–Kier alpha value is -3.72. The van der Waals surface area contributed by atoms with Gasteiger partial charge in [-0.1, -0.05) is 12.1 Å². The first-order valence-electron chi connectivity index (χ1n) is 11.0. The Kier molecular flexibility index (Phi) is 9.80. The second kappa shape index (κ2) is 13.2. The molecule has 3 aromatic rings. The molecule has 0 radical (unpaired) electrons. The minimum atomic E-state index is -0.733. The molecule has 1 heterocycles. The number of carbonyl (C=O) groups is 2. The molecule has 2 amide bonds. The first kappa shape index (κ1) is 25.9. The number of aromatic nitrogens is 1. The molecule has 0 aliphatic carbocycles. The maximum atomic E-state index is 13.1. The summed E-state index contributed by atoms with van der Waals surface area (Å²) in [4.78, 5) is 30.0. The van der Waals surface area contributed by atoms with Crippen LogP contribution in [0.5, 0.6) is 17.2 Å². The maximum Gasteiger partial charge on any atom is 0.255 e. The molecule has 2 aromatic carbocycles. The Morgan fingerprint density at radius 1 is 0.971 bits per heavy atom. The fourth-order valence-electron chi connectivity index (χ4n) is 3.31. The summed E-state index contributed by atoms with van der Waals surface area (Å²) in [6.45, 7) is 0.321. The summed E-state index contributed by atoms with van der Waals surface area (Å²) in [7, 11) is 3.06. The van der Waals surface area contributed by atoms with Crippen LogP contribution in [0.3, 0.4) is 0 Å². The number of thioether (sulfide) groups is 1. The van der Waals surface area contributed by atoms with E-state index in [-0.39, 0.29) is 11.8 Å². The van der Waals surface area contributed by atoms with Gasteiger partial charge in [0.1, 0.15) is 18.4 Å². The predicted octanol–water partition coefficient (Wildman–Crippen LogP) is 4.17. The maximum absolute atomic E-state index is 13.1. The second-order valence-electron chi connectivity index (χ2n) is 7.51. The molecule has 3 rings (SSSR count). The fraction of sp³-hybridized carbons (Fsp3) is 0.269. The zero-order chi connectivity index (χ0) is 25.0. The van der Waals surface area contributed by atoms with E-state index in [9.17, 15) is 9.59 Å². The number of nitrogens with zero attached hydrogens (tertiary/aromatic N) is 1.